The van der Waals surface area contributed by atoms with Crippen molar-refractivity contribution in [3.63, 3.8) is 0 Å². The van der Waals surface area contributed by atoms with E-state index in [0.29, 0.717) is 23.7 Å². The van der Waals surface area contributed by atoms with Crippen molar-refractivity contribution in [1.82, 2.24) is 0 Å². The first kappa shape index (κ1) is 21.4. The first-order valence-corrected chi connectivity index (χ1v) is 10.4. The molecule has 7 nitrogen and oxygen atoms in total. The van der Waals surface area contributed by atoms with E-state index in [0.717, 1.165) is 5.56 Å². The average Bonchev–Trinajstić information content (AvgIpc) is 3.23. The van der Waals surface area contributed by atoms with E-state index in [4.69, 9.17) is 9.57 Å². The van der Waals surface area contributed by atoms with Gasteiger partial charge in [0.25, 0.3) is 0 Å². The molecule has 1 aliphatic heterocycles. The molecule has 1 amide bonds. The lowest BCUT2D eigenvalue weighted by atomic mass is 9.88. The van der Waals surface area contributed by atoms with E-state index >= 15 is 0 Å². The summed E-state index contributed by atoms with van der Waals surface area (Å²) in [6, 6.07) is 24.8. The summed E-state index contributed by atoms with van der Waals surface area (Å²) in [6.45, 7) is 2.43. The minimum absolute atomic E-state index is 0.436. The Morgan fingerprint density at radius 2 is 1.59 bits per heavy atom. The number of anilines is 2. The van der Waals surface area contributed by atoms with Gasteiger partial charge in [-0.25, -0.2) is 9.86 Å². The lowest BCUT2D eigenvalue weighted by Gasteiger charge is -2.27. The molecule has 2 N–H and O–H groups in total. The zero-order valence-electron chi connectivity index (χ0n) is 17.5. The highest BCUT2D eigenvalue weighted by Crippen LogP contribution is 2.43. The number of aliphatic carboxylic acids is 1. The molecule has 4 rings (SSSR count). The van der Waals surface area contributed by atoms with Crippen LogP contribution in [0.25, 0.3) is 0 Å². The maximum Gasteiger partial charge on any atom is 0.336 e. The number of benzene rings is 3. The Hall–Kier alpha value is -3.84. The zero-order valence-corrected chi connectivity index (χ0v) is 17.5. The maximum atomic E-state index is 13.4. The van der Waals surface area contributed by atoms with Gasteiger partial charge >= 0.3 is 5.97 Å². The Labute approximate surface area is 186 Å². The van der Waals surface area contributed by atoms with E-state index in [-0.39, 0.29) is 0 Å². The fourth-order valence-corrected chi connectivity index (χ4v) is 3.86. The summed E-state index contributed by atoms with van der Waals surface area (Å²) >= 11 is 0. The third kappa shape index (κ3) is 4.43. The molecule has 0 radical (unpaired) electrons. The summed E-state index contributed by atoms with van der Waals surface area (Å²) < 4.78 is 5.43. The first-order chi connectivity index (χ1) is 15.6. The molecule has 0 saturated carbocycles. The van der Waals surface area contributed by atoms with Crippen LogP contribution in [0.15, 0.2) is 84.9 Å². The van der Waals surface area contributed by atoms with Crippen LogP contribution in [0.2, 0.25) is 0 Å². The number of carbonyl (C=O) groups is 2. The molecule has 164 valence electrons. The van der Waals surface area contributed by atoms with Crippen molar-refractivity contribution in [3.8, 4) is 5.75 Å². The molecule has 32 heavy (non-hydrogen) atoms. The number of nitrogens with zero attached hydrogens (tertiary/aromatic N) is 1. The summed E-state index contributed by atoms with van der Waals surface area (Å²) in [5.41, 5.74) is 2.00. The second-order valence-electron chi connectivity index (χ2n) is 7.35. The van der Waals surface area contributed by atoms with Crippen LogP contribution in [-0.4, -0.2) is 29.7 Å². The van der Waals surface area contributed by atoms with Crippen LogP contribution in [0, 0.1) is 5.92 Å². The van der Waals surface area contributed by atoms with Gasteiger partial charge in [-0.2, -0.15) is 0 Å². The van der Waals surface area contributed by atoms with Crippen LogP contribution < -0.4 is 15.1 Å². The van der Waals surface area contributed by atoms with E-state index in [1.165, 1.54) is 5.06 Å². The molecule has 1 fully saturated rings. The predicted molar refractivity (Wildman–Crippen MR) is 120 cm³/mol. The highest BCUT2D eigenvalue weighted by atomic mass is 16.7. The first-order valence-electron chi connectivity index (χ1n) is 10.4. The van der Waals surface area contributed by atoms with Gasteiger partial charge in [0.15, 0.2) is 6.10 Å². The number of carboxylic acid groups (broad SMARTS) is 1. The summed E-state index contributed by atoms with van der Waals surface area (Å²) in [5, 5.41) is 14.2. The van der Waals surface area contributed by atoms with Crippen molar-refractivity contribution in [1.29, 1.82) is 0 Å². The van der Waals surface area contributed by atoms with Gasteiger partial charge in [-0.1, -0.05) is 48.5 Å². The largest absolute Gasteiger partial charge is 0.494 e. The smallest absolute Gasteiger partial charge is 0.336 e. The molecular formula is C25H24N2O5. The Morgan fingerprint density at radius 3 is 2.19 bits per heavy atom. The molecular weight excluding hydrogens is 408 g/mol. The van der Waals surface area contributed by atoms with Crippen molar-refractivity contribution in [2.45, 2.75) is 19.1 Å². The fraction of sp³-hybridized carbons (Fsp3) is 0.200. The van der Waals surface area contributed by atoms with Crippen molar-refractivity contribution in [3.05, 3.63) is 90.5 Å². The number of hydrogen-bond acceptors (Lipinski definition) is 5. The van der Waals surface area contributed by atoms with Crippen LogP contribution in [0.3, 0.4) is 0 Å². The second-order valence-corrected chi connectivity index (χ2v) is 7.35. The number of amides is 1. The van der Waals surface area contributed by atoms with Gasteiger partial charge in [0, 0.05) is 5.69 Å². The third-order valence-corrected chi connectivity index (χ3v) is 5.28. The minimum Gasteiger partial charge on any atom is -0.494 e. The molecule has 3 unspecified atom stereocenters. The van der Waals surface area contributed by atoms with E-state index in [1.54, 1.807) is 24.3 Å². The van der Waals surface area contributed by atoms with Crippen LogP contribution in [0.5, 0.6) is 5.75 Å². The van der Waals surface area contributed by atoms with Crippen LogP contribution in [0.4, 0.5) is 11.4 Å². The zero-order chi connectivity index (χ0) is 22.5. The molecule has 0 bridgehead atoms. The Morgan fingerprint density at radius 1 is 0.969 bits per heavy atom. The number of nitrogens with one attached hydrogen (secondary N) is 1. The molecule has 0 spiro atoms. The number of carboxylic acids is 1. The van der Waals surface area contributed by atoms with Crippen molar-refractivity contribution in [2.24, 2.45) is 5.92 Å². The summed E-state index contributed by atoms with van der Waals surface area (Å²) in [4.78, 5) is 31.3. The lowest BCUT2D eigenvalue weighted by Crippen LogP contribution is -2.37. The van der Waals surface area contributed by atoms with Crippen LogP contribution in [-0.2, 0) is 14.4 Å². The quantitative estimate of drug-likeness (QED) is 0.579. The second kappa shape index (κ2) is 9.53. The summed E-state index contributed by atoms with van der Waals surface area (Å²) in [7, 11) is 0. The van der Waals surface area contributed by atoms with Crippen LogP contribution >= 0.6 is 0 Å². The molecule has 3 atom stereocenters. The van der Waals surface area contributed by atoms with Gasteiger partial charge in [-0.3, -0.25) is 9.63 Å². The molecule has 0 aromatic heterocycles. The van der Waals surface area contributed by atoms with E-state index < -0.39 is 29.9 Å². The van der Waals surface area contributed by atoms with Gasteiger partial charge in [0.05, 0.1) is 18.3 Å². The number of para-hydroxylation sites is 1. The van der Waals surface area contributed by atoms with Gasteiger partial charge < -0.3 is 15.2 Å². The van der Waals surface area contributed by atoms with E-state index in [1.807, 2.05) is 67.6 Å². The normalized spacial score (nSPS) is 20.0. The number of rotatable bonds is 7. The molecule has 1 saturated heterocycles. The molecule has 1 aliphatic rings. The number of carbonyl (C=O) groups excluding carboxylic acids is 1. The monoisotopic (exact) mass is 432 g/mol. The summed E-state index contributed by atoms with van der Waals surface area (Å²) in [5.74, 6) is -1.93. The molecule has 1 heterocycles. The topological polar surface area (TPSA) is 88.1 Å². The van der Waals surface area contributed by atoms with Gasteiger partial charge in [0.1, 0.15) is 11.7 Å². The number of hydroxylamine groups is 1. The van der Waals surface area contributed by atoms with Gasteiger partial charge in [-0.05, 0) is 48.9 Å². The number of hydrogen-bond donors (Lipinski definition) is 2. The van der Waals surface area contributed by atoms with Crippen molar-refractivity contribution < 1.29 is 24.3 Å². The Kier molecular flexibility index (Phi) is 6.37. The molecule has 7 heteroatoms. The molecule has 0 aliphatic carbocycles. The average molecular weight is 432 g/mol. The van der Waals surface area contributed by atoms with Gasteiger partial charge in [0.2, 0.25) is 5.91 Å². The maximum absolute atomic E-state index is 13.4. The SMILES string of the molecule is CCOc1ccc(NC(=O)C2C(C(=O)O)ON(c3ccccc3)C2c2ccccc2)cc1. The third-order valence-electron chi connectivity index (χ3n) is 5.28. The van der Waals surface area contributed by atoms with Crippen LogP contribution in [0.1, 0.15) is 18.5 Å². The van der Waals surface area contributed by atoms with E-state index in [2.05, 4.69) is 5.32 Å². The highest BCUT2D eigenvalue weighted by molar-refractivity contribution is 5.97. The van der Waals surface area contributed by atoms with E-state index in [9.17, 15) is 14.7 Å². The highest BCUT2D eigenvalue weighted by Gasteiger charge is 2.52. The Bertz CT molecular complexity index is 1060. The molecule has 3 aromatic rings. The summed E-state index contributed by atoms with van der Waals surface area (Å²) in [6.07, 6.45) is -1.34. The fourth-order valence-electron chi connectivity index (χ4n) is 3.86. The predicted octanol–water partition coefficient (Wildman–Crippen LogP) is 4.29. The minimum atomic E-state index is -1.34. The Balaban J connectivity index is 1.69. The van der Waals surface area contributed by atoms with Gasteiger partial charge in [-0.15, -0.1) is 0 Å². The standard InChI is InChI=1S/C25H24N2O5/c1-2-31-20-15-13-18(14-16-20)26-24(28)21-22(17-9-5-3-6-10-17)27(32-23(21)25(29)30)19-11-7-4-8-12-19/h3-16,21-23H,2H2,1H3,(H,26,28)(H,29,30). The van der Waals surface area contributed by atoms with Crippen molar-refractivity contribution in [2.75, 3.05) is 17.0 Å². The lowest BCUT2D eigenvalue weighted by molar-refractivity contribution is -0.151. The van der Waals surface area contributed by atoms with Crippen molar-refractivity contribution >= 4 is 23.3 Å². The molecule has 3 aromatic carbocycles. The number of ether oxygens (including phenoxy) is 1.